The molecule has 3 N–H and O–H groups in total. The van der Waals surface area contributed by atoms with Gasteiger partial charge in [-0.05, 0) is 48.9 Å². The van der Waals surface area contributed by atoms with E-state index >= 15 is 0 Å². The van der Waals surface area contributed by atoms with E-state index in [9.17, 15) is 9.90 Å². The van der Waals surface area contributed by atoms with Crippen LogP contribution in [0.15, 0.2) is 42.6 Å². The number of hydrogen-bond donors (Lipinski definition) is 3. The number of amides is 1. The highest BCUT2D eigenvalue weighted by Gasteiger charge is 2.36. The number of para-hydroxylation sites is 1. The lowest BCUT2D eigenvalue weighted by atomic mass is 9.75. The zero-order chi connectivity index (χ0) is 18.8. The molecule has 1 saturated carbocycles. The Morgan fingerprint density at radius 1 is 1.33 bits per heavy atom. The molecule has 2 aromatic heterocycles. The number of aliphatic hydroxyl groups excluding tert-OH is 1. The van der Waals surface area contributed by atoms with Crippen LogP contribution in [-0.2, 0) is 6.42 Å². The van der Waals surface area contributed by atoms with E-state index in [4.69, 9.17) is 0 Å². The minimum atomic E-state index is -0.288. The Bertz CT molecular complexity index is 946. The molecule has 0 aliphatic heterocycles. The predicted octanol–water partition coefficient (Wildman–Crippen LogP) is 3.15. The van der Waals surface area contributed by atoms with Gasteiger partial charge in [0.05, 0.1) is 17.7 Å². The van der Waals surface area contributed by atoms with Crippen LogP contribution in [0.2, 0.25) is 0 Å². The lowest BCUT2D eigenvalue weighted by molar-refractivity contribution is 0.0234. The van der Waals surface area contributed by atoms with E-state index in [1.807, 2.05) is 36.5 Å². The molecule has 0 spiro atoms. The van der Waals surface area contributed by atoms with Crippen molar-refractivity contribution in [3.8, 4) is 0 Å². The number of carbonyl (C=O) groups excluding carboxylic acids is 1. The molecule has 1 aromatic carbocycles. The monoisotopic (exact) mass is 364 g/mol. The summed E-state index contributed by atoms with van der Waals surface area (Å²) in [6, 6.07) is 11.6. The molecule has 1 aliphatic rings. The van der Waals surface area contributed by atoms with Gasteiger partial charge in [0.2, 0.25) is 0 Å². The van der Waals surface area contributed by atoms with Crippen molar-refractivity contribution in [1.29, 1.82) is 0 Å². The Balaban J connectivity index is 1.59. The second-order valence-corrected chi connectivity index (χ2v) is 7.33. The highest BCUT2D eigenvalue weighted by molar-refractivity contribution is 5.92. The van der Waals surface area contributed by atoms with Crippen LogP contribution in [0, 0.1) is 5.92 Å². The minimum Gasteiger partial charge on any atom is -0.393 e. The summed E-state index contributed by atoms with van der Waals surface area (Å²) < 4.78 is 0. The fourth-order valence-electron chi connectivity index (χ4n) is 3.72. The highest BCUT2D eigenvalue weighted by Crippen LogP contribution is 2.38. The maximum atomic E-state index is 12.8. The molecule has 1 aliphatic carbocycles. The van der Waals surface area contributed by atoms with Crippen LogP contribution in [0.4, 0.5) is 0 Å². The first-order valence-electron chi connectivity index (χ1n) is 9.52. The maximum Gasteiger partial charge on any atom is 0.272 e. The number of H-pyrrole nitrogens is 1. The molecule has 3 aromatic rings. The van der Waals surface area contributed by atoms with Crippen molar-refractivity contribution in [1.82, 2.24) is 20.5 Å². The fraction of sp³-hybridized carbons (Fsp3) is 0.381. The smallest absolute Gasteiger partial charge is 0.272 e. The number of nitrogens with one attached hydrogen (secondary N) is 2. The number of aromatic amines is 1. The highest BCUT2D eigenvalue weighted by atomic mass is 16.3. The molecule has 0 radical (unpaired) electrons. The van der Waals surface area contributed by atoms with Gasteiger partial charge in [-0.15, -0.1) is 0 Å². The Morgan fingerprint density at radius 2 is 2.15 bits per heavy atom. The van der Waals surface area contributed by atoms with Gasteiger partial charge in [0, 0.05) is 17.3 Å². The zero-order valence-corrected chi connectivity index (χ0v) is 15.4. The van der Waals surface area contributed by atoms with Gasteiger partial charge >= 0.3 is 0 Å². The van der Waals surface area contributed by atoms with Gasteiger partial charge in [0.25, 0.3) is 5.91 Å². The normalized spacial score (nSPS) is 20.2. The molecular formula is C21H24N4O2. The van der Waals surface area contributed by atoms with Crippen LogP contribution in [-0.4, -0.2) is 32.3 Å². The quantitative estimate of drug-likeness (QED) is 0.627. The molecule has 1 atom stereocenters. The lowest BCUT2D eigenvalue weighted by Gasteiger charge is -2.38. The molecule has 1 fully saturated rings. The number of aliphatic hydroxyl groups is 1. The van der Waals surface area contributed by atoms with Crippen molar-refractivity contribution in [2.24, 2.45) is 5.92 Å². The number of hydrogen-bond acceptors (Lipinski definition) is 4. The van der Waals surface area contributed by atoms with Crippen LogP contribution >= 0.6 is 0 Å². The molecule has 0 bridgehead atoms. The summed E-state index contributed by atoms with van der Waals surface area (Å²) in [6.07, 6.45) is 4.76. The van der Waals surface area contributed by atoms with E-state index in [2.05, 4.69) is 33.5 Å². The van der Waals surface area contributed by atoms with Crippen molar-refractivity contribution in [3.05, 3.63) is 59.5 Å². The van der Waals surface area contributed by atoms with Crippen LogP contribution in [0.25, 0.3) is 10.9 Å². The number of benzene rings is 1. The Hall–Kier alpha value is -2.73. The van der Waals surface area contributed by atoms with Gasteiger partial charge in [-0.1, -0.05) is 31.5 Å². The van der Waals surface area contributed by atoms with E-state index in [0.717, 1.165) is 35.0 Å². The number of nitrogens with zero attached hydrogens (tertiary/aromatic N) is 2. The molecule has 4 rings (SSSR count). The molecule has 0 unspecified atom stereocenters. The average molecular weight is 364 g/mol. The second-order valence-electron chi connectivity index (χ2n) is 7.33. The Labute approximate surface area is 158 Å². The van der Waals surface area contributed by atoms with Crippen LogP contribution in [0.1, 0.15) is 54.0 Å². The molecule has 27 heavy (non-hydrogen) atoms. The standard InChI is InChI=1S/C21H24N4O2/c1-2-5-16-11-19(25-24-16)21(27)23-20(14-9-17(26)10-14)15-8-13-6-3-4-7-18(13)22-12-15/h3-4,6-8,11-12,14,17,20,26H,2,5,9-10H2,1H3,(H,23,27)(H,24,25)/t14?,17?,20-/m0/s1. The zero-order valence-electron chi connectivity index (χ0n) is 15.4. The largest absolute Gasteiger partial charge is 0.393 e. The van der Waals surface area contributed by atoms with E-state index in [1.54, 1.807) is 0 Å². The lowest BCUT2D eigenvalue weighted by Crippen LogP contribution is -2.41. The van der Waals surface area contributed by atoms with Gasteiger partial charge in [-0.25, -0.2) is 0 Å². The van der Waals surface area contributed by atoms with E-state index in [0.29, 0.717) is 18.5 Å². The first-order valence-corrected chi connectivity index (χ1v) is 9.52. The minimum absolute atomic E-state index is 0.190. The molecule has 6 nitrogen and oxygen atoms in total. The van der Waals surface area contributed by atoms with Gasteiger partial charge < -0.3 is 10.4 Å². The van der Waals surface area contributed by atoms with Crippen molar-refractivity contribution >= 4 is 16.8 Å². The molecule has 1 amide bonds. The Morgan fingerprint density at radius 3 is 2.93 bits per heavy atom. The molecule has 2 heterocycles. The summed E-state index contributed by atoms with van der Waals surface area (Å²) in [6.45, 7) is 2.09. The number of fused-ring (bicyclic) bond motifs is 1. The maximum absolute atomic E-state index is 12.8. The Kier molecular flexibility index (Phi) is 4.90. The molecule has 0 saturated heterocycles. The second kappa shape index (κ2) is 7.48. The van der Waals surface area contributed by atoms with E-state index in [1.165, 1.54) is 0 Å². The topological polar surface area (TPSA) is 90.9 Å². The fourth-order valence-corrected chi connectivity index (χ4v) is 3.72. The first kappa shape index (κ1) is 17.7. The summed E-state index contributed by atoms with van der Waals surface area (Å²) in [5.41, 5.74) is 3.25. The van der Waals surface area contributed by atoms with Gasteiger partial charge in [0.15, 0.2) is 0 Å². The van der Waals surface area contributed by atoms with E-state index < -0.39 is 0 Å². The molecule has 6 heteroatoms. The van der Waals surface area contributed by atoms with Crippen LogP contribution in [0.5, 0.6) is 0 Å². The van der Waals surface area contributed by atoms with Gasteiger partial charge in [0.1, 0.15) is 5.69 Å². The number of carbonyl (C=O) groups is 1. The van der Waals surface area contributed by atoms with Gasteiger partial charge in [-0.3, -0.25) is 14.9 Å². The molecular weight excluding hydrogens is 340 g/mol. The third kappa shape index (κ3) is 3.71. The van der Waals surface area contributed by atoms with Gasteiger partial charge in [-0.2, -0.15) is 5.10 Å². The summed E-state index contributed by atoms with van der Waals surface area (Å²) in [5.74, 6) is -0.00545. The summed E-state index contributed by atoms with van der Waals surface area (Å²) in [4.78, 5) is 17.3. The summed E-state index contributed by atoms with van der Waals surface area (Å²) in [5, 5.41) is 21.0. The summed E-state index contributed by atoms with van der Waals surface area (Å²) >= 11 is 0. The average Bonchev–Trinajstić information content (AvgIpc) is 3.12. The summed E-state index contributed by atoms with van der Waals surface area (Å²) in [7, 11) is 0. The van der Waals surface area contributed by atoms with Crippen molar-refractivity contribution in [3.63, 3.8) is 0 Å². The predicted molar refractivity (Wildman–Crippen MR) is 103 cm³/mol. The van der Waals surface area contributed by atoms with Crippen molar-refractivity contribution in [2.75, 3.05) is 0 Å². The number of aromatic nitrogens is 3. The number of rotatable bonds is 6. The third-order valence-electron chi connectivity index (χ3n) is 5.26. The number of aryl methyl sites for hydroxylation is 1. The number of pyridine rings is 1. The van der Waals surface area contributed by atoms with Crippen LogP contribution in [0.3, 0.4) is 0 Å². The molecule has 140 valence electrons. The van der Waals surface area contributed by atoms with Crippen LogP contribution < -0.4 is 5.32 Å². The first-order chi connectivity index (χ1) is 13.1. The SMILES string of the molecule is CCCc1cc(C(=O)N[C@H](c2cnc3ccccc3c2)C2CC(O)C2)n[nH]1. The van der Waals surface area contributed by atoms with Crippen molar-refractivity contribution < 1.29 is 9.90 Å². The third-order valence-corrected chi connectivity index (χ3v) is 5.26. The van der Waals surface area contributed by atoms with Crippen molar-refractivity contribution in [2.45, 2.75) is 44.8 Å². The van der Waals surface area contributed by atoms with E-state index in [-0.39, 0.29) is 24.0 Å².